The monoisotopic (exact) mass is 638 g/mol. The highest BCUT2D eigenvalue weighted by molar-refractivity contribution is 6.02. The Morgan fingerprint density at radius 1 is 0.889 bits per heavy atom. The molecule has 248 valence electrons. The molecule has 0 saturated carbocycles. The fourth-order valence-corrected chi connectivity index (χ4v) is 5.07. The predicted octanol–water partition coefficient (Wildman–Crippen LogP) is -0.570. The van der Waals surface area contributed by atoms with Crippen LogP contribution in [0.25, 0.3) is 0 Å². The van der Waals surface area contributed by atoms with E-state index in [1.165, 1.54) is 39.0 Å². The fraction of sp³-hybridized carbons (Fsp3) is 0.533. The summed E-state index contributed by atoms with van der Waals surface area (Å²) in [4.78, 5) is 22.3. The lowest BCUT2D eigenvalue weighted by Gasteiger charge is -2.45. The number of hydrogen-bond acceptors (Lipinski definition) is 15. The highest BCUT2D eigenvalue weighted by Gasteiger charge is 2.51. The molecule has 2 aromatic rings. The average Bonchev–Trinajstić information content (AvgIpc) is 2.97. The van der Waals surface area contributed by atoms with Gasteiger partial charge in [0.2, 0.25) is 6.29 Å². The van der Waals surface area contributed by atoms with Crippen LogP contribution in [0.1, 0.15) is 49.2 Å². The molecule has 15 nitrogen and oxygen atoms in total. The molecule has 3 heterocycles. The molecule has 0 aromatic heterocycles. The zero-order valence-corrected chi connectivity index (χ0v) is 24.7. The lowest BCUT2D eigenvalue weighted by atomic mass is 9.95. The second-order valence-electron chi connectivity index (χ2n) is 11.2. The van der Waals surface area contributed by atoms with Crippen molar-refractivity contribution in [2.45, 2.75) is 94.7 Å². The molecule has 5 rings (SSSR count). The van der Waals surface area contributed by atoms with Crippen LogP contribution in [-0.4, -0.2) is 120 Å². The van der Waals surface area contributed by atoms with E-state index in [4.69, 9.17) is 23.7 Å². The Morgan fingerprint density at radius 3 is 2.16 bits per heavy atom. The van der Waals surface area contributed by atoms with Gasteiger partial charge in [-0.25, -0.2) is 0 Å². The molecule has 2 fully saturated rings. The van der Waals surface area contributed by atoms with Gasteiger partial charge in [-0.05, 0) is 38.5 Å². The van der Waals surface area contributed by atoms with Crippen molar-refractivity contribution in [1.29, 1.82) is 0 Å². The minimum absolute atomic E-state index is 0.0149. The smallest absolute Gasteiger partial charge is 0.229 e. The molecule has 15 heteroatoms. The quantitative estimate of drug-likeness (QED) is 0.198. The Morgan fingerprint density at radius 2 is 1.53 bits per heavy atom. The Kier molecular flexibility index (Phi) is 11.0. The second kappa shape index (κ2) is 14.4. The number of aromatic hydroxyl groups is 2. The topological polar surface area (TPSA) is 242 Å². The van der Waals surface area contributed by atoms with Crippen LogP contribution < -0.4 is 9.47 Å². The summed E-state index contributed by atoms with van der Waals surface area (Å²) in [6.45, 7) is 3.77. The van der Waals surface area contributed by atoms with Gasteiger partial charge in [0.25, 0.3) is 0 Å². The first kappa shape index (κ1) is 34.5. The number of carbonyl (C=O) groups excluding carboxylic acids is 2. The van der Waals surface area contributed by atoms with E-state index < -0.39 is 85.7 Å². The third-order valence-corrected chi connectivity index (χ3v) is 7.42. The molecule has 0 amide bonds. The molecule has 0 spiro atoms. The van der Waals surface area contributed by atoms with E-state index in [1.807, 2.05) is 0 Å². The summed E-state index contributed by atoms with van der Waals surface area (Å²) in [5.41, 5.74) is 0.529. The van der Waals surface area contributed by atoms with E-state index in [0.717, 1.165) is 6.07 Å². The third kappa shape index (κ3) is 7.71. The Balaban J connectivity index is 0.00000109. The molecule has 11 atom stereocenters. The summed E-state index contributed by atoms with van der Waals surface area (Å²) in [5, 5.41) is 81.6. The Hall–Kier alpha value is -3.38. The van der Waals surface area contributed by atoms with Crippen molar-refractivity contribution in [1.82, 2.24) is 0 Å². The number of hydrogen-bond donors (Lipinski definition) is 8. The molecular formula is C30H38O15. The Labute approximate surface area is 257 Å². The van der Waals surface area contributed by atoms with Crippen molar-refractivity contribution in [2.24, 2.45) is 0 Å². The van der Waals surface area contributed by atoms with Gasteiger partial charge in [-0.1, -0.05) is 12.1 Å². The predicted molar refractivity (Wildman–Crippen MR) is 151 cm³/mol. The molecule has 45 heavy (non-hydrogen) atoms. The van der Waals surface area contributed by atoms with Crippen molar-refractivity contribution in [2.75, 3.05) is 6.61 Å². The van der Waals surface area contributed by atoms with Crippen molar-refractivity contribution < 1.29 is 74.1 Å². The molecule has 2 aromatic carbocycles. The zero-order chi connectivity index (χ0) is 33.2. The largest absolute Gasteiger partial charge is 0.508 e. The number of carbonyl (C=O) groups is 2. The van der Waals surface area contributed by atoms with Crippen LogP contribution in [-0.2, 0) is 19.0 Å². The third-order valence-electron chi connectivity index (χ3n) is 7.42. The summed E-state index contributed by atoms with van der Waals surface area (Å²) in [7, 11) is 0. The van der Waals surface area contributed by atoms with E-state index in [-0.39, 0.29) is 35.0 Å². The van der Waals surface area contributed by atoms with Crippen molar-refractivity contribution in [3.05, 3.63) is 47.5 Å². The van der Waals surface area contributed by atoms with Crippen LogP contribution >= 0.6 is 0 Å². The van der Waals surface area contributed by atoms with Gasteiger partial charge in [0.15, 0.2) is 18.2 Å². The van der Waals surface area contributed by atoms with Crippen LogP contribution in [0.2, 0.25) is 0 Å². The van der Waals surface area contributed by atoms with Crippen molar-refractivity contribution >= 4 is 11.6 Å². The molecule has 8 N–H and O–H groups in total. The number of Topliss-reactive ketones (excluding diaryl/α,β-unsaturated/α-hetero) is 2. The highest BCUT2D eigenvalue weighted by atomic mass is 16.8. The maximum absolute atomic E-state index is 12.9. The fourth-order valence-electron chi connectivity index (χ4n) is 5.07. The number of ketones is 2. The lowest BCUT2D eigenvalue weighted by Crippen LogP contribution is -2.64. The summed E-state index contributed by atoms with van der Waals surface area (Å²) in [5.74, 6) is -0.780. The molecule has 1 unspecified atom stereocenters. The van der Waals surface area contributed by atoms with Gasteiger partial charge in [-0.2, -0.15) is 0 Å². The van der Waals surface area contributed by atoms with Crippen molar-refractivity contribution in [3.63, 3.8) is 0 Å². The molecule has 3 aliphatic rings. The van der Waals surface area contributed by atoms with Crippen LogP contribution in [0.5, 0.6) is 23.0 Å². The number of aliphatic hydroxyl groups is 6. The summed E-state index contributed by atoms with van der Waals surface area (Å²) in [6.07, 6.45) is -16.0. The van der Waals surface area contributed by atoms with Gasteiger partial charge < -0.3 is 69.3 Å². The van der Waals surface area contributed by atoms with E-state index in [9.17, 15) is 50.4 Å². The summed E-state index contributed by atoms with van der Waals surface area (Å²) >= 11 is 0. The number of phenolic OH excluding ortho intramolecular Hbond substituents is 2. The van der Waals surface area contributed by atoms with Crippen LogP contribution in [0.15, 0.2) is 36.4 Å². The van der Waals surface area contributed by atoms with Gasteiger partial charge in [-0.3, -0.25) is 4.79 Å². The lowest BCUT2D eigenvalue weighted by molar-refractivity contribution is -0.354. The summed E-state index contributed by atoms with van der Waals surface area (Å²) < 4.78 is 28.6. The number of aliphatic hydroxyl groups excluding tert-OH is 6. The SMILES string of the molecule is CC(C)=O.C[C@@H]1O[C@@H](O[C@H]2[C@H](Oc3cc(O)c4c(c3)OC(c3ccc(O)cc3)CC4=O)O[C@H](CO)[C@@H](O)[C@@H]2O)[C@H](O)[C@H](O)[C@H]1O. The average molecular weight is 639 g/mol. The second-order valence-corrected chi connectivity index (χ2v) is 11.2. The van der Waals surface area contributed by atoms with Gasteiger partial charge >= 0.3 is 0 Å². The van der Waals surface area contributed by atoms with Crippen LogP contribution in [0, 0.1) is 0 Å². The molecule has 3 aliphatic heterocycles. The van der Waals surface area contributed by atoms with E-state index in [0.29, 0.717) is 5.56 Å². The van der Waals surface area contributed by atoms with E-state index >= 15 is 0 Å². The number of fused-ring (bicyclic) bond motifs is 1. The minimum Gasteiger partial charge on any atom is -0.508 e. The van der Waals surface area contributed by atoms with Crippen LogP contribution in [0.4, 0.5) is 0 Å². The van der Waals surface area contributed by atoms with E-state index in [2.05, 4.69) is 0 Å². The maximum atomic E-state index is 12.9. The molecule has 0 radical (unpaired) electrons. The molecular weight excluding hydrogens is 600 g/mol. The minimum atomic E-state index is -1.75. The number of benzene rings is 2. The van der Waals surface area contributed by atoms with Gasteiger partial charge in [0, 0.05) is 12.1 Å². The first-order valence-corrected chi connectivity index (χ1v) is 14.2. The maximum Gasteiger partial charge on any atom is 0.229 e. The van der Waals surface area contributed by atoms with Gasteiger partial charge in [0.05, 0.1) is 19.1 Å². The van der Waals surface area contributed by atoms with E-state index in [1.54, 1.807) is 12.1 Å². The molecule has 0 bridgehead atoms. The number of ether oxygens (including phenoxy) is 5. The standard InChI is InChI=1S/C27H32O14.C3H6O/c1-10-20(32)22(34)24(36)26(37-10)41-25-23(35)21(33)18(9-28)40-27(25)38-13-6-14(30)19-15(31)8-16(39-17(19)7-13)11-2-4-12(29)5-3-11;1-3(2)4/h2-7,10,16,18,20-30,32-36H,8-9H2,1H3;1-2H3/t10-,16?,18+,20-,21+,22+,23-,24+,25+,26-,27+;/m0./s1. The molecule has 2 saturated heterocycles. The Bertz CT molecular complexity index is 1330. The highest BCUT2D eigenvalue weighted by Crippen LogP contribution is 2.43. The first-order valence-electron chi connectivity index (χ1n) is 14.2. The normalized spacial score (nSPS) is 34.5. The number of phenols is 2. The molecule has 0 aliphatic carbocycles. The van der Waals surface area contributed by atoms with Crippen molar-refractivity contribution in [3.8, 4) is 23.0 Å². The van der Waals surface area contributed by atoms with Crippen LogP contribution in [0.3, 0.4) is 0 Å². The zero-order valence-electron chi connectivity index (χ0n) is 24.7. The van der Waals surface area contributed by atoms with Gasteiger partial charge in [0.1, 0.15) is 77.1 Å². The summed E-state index contributed by atoms with van der Waals surface area (Å²) in [6, 6.07) is 8.50. The first-order chi connectivity index (χ1) is 21.2. The van der Waals surface area contributed by atoms with Gasteiger partial charge in [-0.15, -0.1) is 0 Å². The number of rotatable bonds is 6.